The Morgan fingerprint density at radius 1 is 1.12 bits per heavy atom. The molecule has 4 heterocycles. The Hall–Kier alpha value is -4.00. The number of pyridine rings is 1. The average Bonchev–Trinajstić information content (AvgIpc) is 3.61. The number of benzene rings is 1. The maximum absolute atomic E-state index is 12.4. The number of rotatable bonds is 9. The topological polar surface area (TPSA) is 139 Å². The van der Waals surface area contributed by atoms with Gasteiger partial charge in [-0.1, -0.05) is 63.2 Å². The number of thiazole rings is 1. The number of aliphatic hydroxyl groups is 1. The Morgan fingerprint density at radius 2 is 1.90 bits per heavy atom. The minimum Gasteiger partial charge on any atom is -0.475 e. The first-order chi connectivity index (χ1) is 19.0. The molecule has 0 aliphatic rings. The van der Waals surface area contributed by atoms with Gasteiger partial charge in [0.15, 0.2) is 10.8 Å². The molecule has 5 rings (SSSR count). The quantitative estimate of drug-likeness (QED) is 0.190. The highest BCUT2D eigenvalue weighted by Gasteiger charge is 2.20. The Balaban J connectivity index is 1.21. The van der Waals surface area contributed by atoms with Gasteiger partial charge in [-0.3, -0.25) is 9.72 Å². The normalized spacial score (nSPS) is 12.8. The fraction of sp³-hybridized carbons (Fsp3) is 0.357. The number of imidazole rings is 1. The van der Waals surface area contributed by atoms with Crippen molar-refractivity contribution in [2.45, 2.75) is 52.2 Å². The molecule has 0 saturated heterocycles. The molecule has 11 nitrogen and oxygen atoms in total. The van der Waals surface area contributed by atoms with E-state index in [0.29, 0.717) is 35.7 Å². The third kappa shape index (κ3) is 6.41. The van der Waals surface area contributed by atoms with Gasteiger partial charge in [-0.15, -0.1) is 0 Å². The number of anilines is 2. The van der Waals surface area contributed by atoms with E-state index in [2.05, 4.69) is 26.1 Å². The van der Waals surface area contributed by atoms with E-state index in [1.54, 1.807) is 12.1 Å². The molecular formula is C28H33N7O4S. The summed E-state index contributed by atoms with van der Waals surface area (Å²) in [5.74, 6) is 1.51. The van der Waals surface area contributed by atoms with Gasteiger partial charge in [0, 0.05) is 47.6 Å². The van der Waals surface area contributed by atoms with Crippen molar-refractivity contribution in [3.63, 3.8) is 0 Å². The van der Waals surface area contributed by atoms with Gasteiger partial charge in [0.25, 0.3) is 0 Å². The highest BCUT2D eigenvalue weighted by atomic mass is 32.1. The summed E-state index contributed by atoms with van der Waals surface area (Å²) in [5, 5.41) is 22.7. The lowest BCUT2D eigenvalue weighted by molar-refractivity contribution is 0.102. The molecule has 1 aromatic carbocycles. The smallest absolute Gasteiger partial charge is 0.324 e. The molecule has 0 fully saturated rings. The van der Waals surface area contributed by atoms with Crippen molar-refractivity contribution < 1.29 is 19.2 Å². The molecule has 40 heavy (non-hydrogen) atoms. The Bertz CT molecular complexity index is 1620. The molecule has 5 aromatic rings. The number of amides is 2. The molecule has 1 unspecified atom stereocenters. The van der Waals surface area contributed by atoms with Crippen molar-refractivity contribution in [2.24, 2.45) is 0 Å². The van der Waals surface area contributed by atoms with Crippen LogP contribution in [0.25, 0.3) is 26.6 Å². The van der Waals surface area contributed by atoms with Crippen molar-refractivity contribution in [3.8, 4) is 17.1 Å². The van der Waals surface area contributed by atoms with Crippen LogP contribution in [-0.2, 0) is 5.41 Å². The Labute approximate surface area is 235 Å². The first-order valence-electron chi connectivity index (χ1n) is 13.0. The summed E-state index contributed by atoms with van der Waals surface area (Å²) < 4.78 is 13.0. The number of ether oxygens (including phenoxy) is 1. The van der Waals surface area contributed by atoms with Crippen molar-refractivity contribution in [2.75, 3.05) is 23.8 Å². The first-order valence-corrected chi connectivity index (χ1v) is 13.9. The fourth-order valence-corrected chi connectivity index (χ4v) is 4.86. The van der Waals surface area contributed by atoms with Crippen LogP contribution in [0.3, 0.4) is 0 Å². The summed E-state index contributed by atoms with van der Waals surface area (Å²) in [6.07, 6.45) is 1.35. The van der Waals surface area contributed by atoms with Gasteiger partial charge in [0.2, 0.25) is 5.88 Å². The number of hydrogen-bond acceptors (Lipinski definition) is 9. The highest BCUT2D eigenvalue weighted by molar-refractivity contribution is 7.23. The number of carbonyl (C=O) groups excluding carboxylic acids is 1. The van der Waals surface area contributed by atoms with Crippen molar-refractivity contribution in [1.82, 2.24) is 24.8 Å². The minimum absolute atomic E-state index is 0.162. The van der Waals surface area contributed by atoms with Crippen molar-refractivity contribution in [1.29, 1.82) is 0 Å². The second-order valence-electron chi connectivity index (χ2n) is 10.9. The molecule has 0 spiro atoms. The van der Waals surface area contributed by atoms with E-state index < -0.39 is 12.1 Å². The number of aliphatic hydroxyl groups excluding tert-OH is 1. The monoisotopic (exact) mass is 563 g/mol. The lowest BCUT2D eigenvalue weighted by Gasteiger charge is -2.14. The van der Waals surface area contributed by atoms with Crippen LogP contribution in [0.15, 0.2) is 53.2 Å². The maximum Gasteiger partial charge on any atom is 0.324 e. The van der Waals surface area contributed by atoms with Crippen LogP contribution in [0, 0.1) is 0 Å². The summed E-state index contributed by atoms with van der Waals surface area (Å²) in [4.78, 5) is 23.4. The van der Waals surface area contributed by atoms with Gasteiger partial charge in [-0.2, -0.15) is 0 Å². The summed E-state index contributed by atoms with van der Waals surface area (Å²) in [6, 6.07) is 12.8. The van der Waals surface area contributed by atoms with Gasteiger partial charge in [-0.05, 0) is 18.2 Å². The number of hydrogen-bond donors (Lipinski definition) is 4. The molecule has 12 heteroatoms. The van der Waals surface area contributed by atoms with Crippen LogP contribution >= 0.6 is 11.3 Å². The number of urea groups is 1. The molecule has 0 aliphatic heterocycles. The number of aromatic nitrogens is 4. The van der Waals surface area contributed by atoms with E-state index in [1.165, 1.54) is 11.3 Å². The number of fused-ring (bicyclic) bond motifs is 3. The average molecular weight is 564 g/mol. The van der Waals surface area contributed by atoms with E-state index in [9.17, 15) is 9.90 Å². The molecule has 4 N–H and O–H groups in total. The van der Waals surface area contributed by atoms with Gasteiger partial charge < -0.3 is 25.0 Å². The molecule has 4 aromatic heterocycles. The SMILES string of the molecule is CC(C)NCC(O)COc1ccc2c(n1)sc1nc(-c3ccc(NC(=O)Nc4cc(C(C)(C)C)on4)cc3)cn12. The van der Waals surface area contributed by atoms with Crippen LogP contribution in [-0.4, -0.2) is 56.0 Å². The van der Waals surface area contributed by atoms with Crippen LogP contribution in [0.4, 0.5) is 16.3 Å². The lowest BCUT2D eigenvalue weighted by atomic mass is 9.93. The fourth-order valence-electron chi connectivity index (χ4n) is 3.89. The molecular weight excluding hydrogens is 530 g/mol. The van der Waals surface area contributed by atoms with Crippen LogP contribution in [0.2, 0.25) is 0 Å². The predicted octanol–water partition coefficient (Wildman–Crippen LogP) is 5.28. The maximum atomic E-state index is 12.4. The number of nitrogens with zero attached hydrogens (tertiary/aromatic N) is 4. The predicted molar refractivity (Wildman–Crippen MR) is 156 cm³/mol. The largest absolute Gasteiger partial charge is 0.475 e. The minimum atomic E-state index is -0.617. The molecule has 0 aliphatic carbocycles. The second kappa shape index (κ2) is 11.2. The van der Waals surface area contributed by atoms with E-state index in [4.69, 9.17) is 14.2 Å². The zero-order chi connectivity index (χ0) is 28.4. The zero-order valence-corrected chi connectivity index (χ0v) is 23.9. The van der Waals surface area contributed by atoms with Gasteiger partial charge >= 0.3 is 6.03 Å². The Morgan fingerprint density at radius 3 is 2.60 bits per heavy atom. The van der Waals surface area contributed by atoms with Crippen LogP contribution in [0.5, 0.6) is 5.88 Å². The van der Waals surface area contributed by atoms with E-state index in [0.717, 1.165) is 26.6 Å². The van der Waals surface area contributed by atoms with E-state index >= 15 is 0 Å². The number of nitrogens with one attached hydrogen (secondary N) is 3. The van der Waals surface area contributed by atoms with Crippen LogP contribution < -0.4 is 20.7 Å². The third-order valence-corrected chi connectivity index (χ3v) is 7.01. The molecule has 0 radical (unpaired) electrons. The third-order valence-electron chi connectivity index (χ3n) is 6.05. The molecule has 1 atom stereocenters. The van der Waals surface area contributed by atoms with Gasteiger partial charge in [-0.25, -0.2) is 14.8 Å². The summed E-state index contributed by atoms with van der Waals surface area (Å²) in [6.45, 7) is 10.7. The molecule has 2 amide bonds. The second-order valence-corrected chi connectivity index (χ2v) is 11.8. The molecule has 210 valence electrons. The summed E-state index contributed by atoms with van der Waals surface area (Å²) in [5.41, 5.74) is 3.08. The molecule has 0 saturated carbocycles. The highest BCUT2D eigenvalue weighted by Crippen LogP contribution is 2.30. The van der Waals surface area contributed by atoms with Crippen molar-refractivity contribution in [3.05, 3.63) is 54.4 Å². The lowest BCUT2D eigenvalue weighted by Crippen LogP contribution is -2.35. The van der Waals surface area contributed by atoms with E-state index in [-0.39, 0.29) is 12.0 Å². The first kappa shape index (κ1) is 27.6. The Kier molecular flexibility index (Phi) is 7.74. The summed E-state index contributed by atoms with van der Waals surface area (Å²) >= 11 is 1.46. The standard InChI is InChI=1S/C28H33N7O4S/c1-16(2)29-13-19(36)15-38-24-11-10-21-25(33-24)40-27-31-20(14-35(21)27)17-6-8-18(9-7-17)30-26(37)32-23-12-22(39-34-23)28(3,4)5/h6-12,14,16,19,29,36H,13,15H2,1-5H3,(H2,30,32,34,37). The van der Waals surface area contributed by atoms with Gasteiger partial charge in [0.05, 0.1) is 11.2 Å². The molecule has 0 bridgehead atoms. The van der Waals surface area contributed by atoms with Crippen LogP contribution in [0.1, 0.15) is 40.4 Å². The zero-order valence-electron chi connectivity index (χ0n) is 23.1. The summed E-state index contributed by atoms with van der Waals surface area (Å²) in [7, 11) is 0. The number of carbonyl (C=O) groups is 1. The van der Waals surface area contributed by atoms with E-state index in [1.807, 2.05) is 75.5 Å². The van der Waals surface area contributed by atoms with Gasteiger partial charge in [0.1, 0.15) is 23.3 Å². The van der Waals surface area contributed by atoms with Crippen molar-refractivity contribution >= 4 is 44.2 Å².